The molecule has 4 heteroatoms. The molecular formula is C22H35FN2O. The Hall–Kier alpha value is -1.29. The van der Waals surface area contributed by atoms with E-state index in [2.05, 4.69) is 25.7 Å². The van der Waals surface area contributed by atoms with Crippen LogP contribution in [0.5, 0.6) is 0 Å². The summed E-state index contributed by atoms with van der Waals surface area (Å²) >= 11 is 0. The minimum atomic E-state index is -0.222. The van der Waals surface area contributed by atoms with Crippen LogP contribution in [0.2, 0.25) is 0 Å². The number of nitrogens with two attached hydrogens (primary N) is 1. The Kier molecular flexibility index (Phi) is 6.44. The lowest BCUT2D eigenvalue weighted by Gasteiger charge is -2.36. The van der Waals surface area contributed by atoms with Gasteiger partial charge in [0.1, 0.15) is 5.82 Å². The molecule has 0 spiro atoms. The molecule has 2 unspecified atom stereocenters. The van der Waals surface area contributed by atoms with Crippen molar-refractivity contribution in [3.05, 3.63) is 24.0 Å². The van der Waals surface area contributed by atoms with Gasteiger partial charge in [0.25, 0.3) is 0 Å². The Labute approximate surface area is 158 Å². The molecule has 1 saturated carbocycles. The zero-order valence-corrected chi connectivity index (χ0v) is 16.6. The van der Waals surface area contributed by atoms with E-state index in [0.29, 0.717) is 23.4 Å². The second-order valence-corrected chi connectivity index (χ2v) is 8.80. The highest BCUT2D eigenvalue weighted by atomic mass is 19.1. The second-order valence-electron chi connectivity index (χ2n) is 8.80. The fourth-order valence-electron chi connectivity index (χ4n) is 4.36. The molecule has 1 saturated heterocycles. The molecule has 2 N–H and O–H groups in total. The van der Waals surface area contributed by atoms with E-state index in [4.69, 9.17) is 10.5 Å². The Bertz CT molecular complexity index is 559. The third kappa shape index (κ3) is 5.12. The van der Waals surface area contributed by atoms with Gasteiger partial charge in [0.2, 0.25) is 0 Å². The molecule has 2 aliphatic rings. The topological polar surface area (TPSA) is 38.5 Å². The molecule has 1 aromatic rings. The lowest BCUT2D eigenvalue weighted by molar-refractivity contribution is -0.0434. The number of piperidine rings is 1. The van der Waals surface area contributed by atoms with E-state index >= 15 is 0 Å². The molecule has 1 aromatic carbocycles. The number of anilines is 2. The number of halogens is 1. The zero-order valence-electron chi connectivity index (χ0n) is 16.6. The molecule has 0 amide bonds. The standard InChI is InChI=1S/C22H35FN2O/c1-15(2)13-19(14-16(3)17-7-8-17)26-18-9-11-25(12-10-18)22-20(23)5-4-6-21(22)24/h4-6,15-19H,7-14,24H2,1-3H3. The fraction of sp³-hybridized carbons (Fsp3) is 0.727. The quantitative estimate of drug-likeness (QED) is 0.642. The maximum absolute atomic E-state index is 14.2. The van der Waals surface area contributed by atoms with Crippen LogP contribution in [0.15, 0.2) is 18.2 Å². The van der Waals surface area contributed by atoms with E-state index in [9.17, 15) is 4.39 Å². The molecule has 2 fully saturated rings. The minimum Gasteiger partial charge on any atom is -0.397 e. The van der Waals surface area contributed by atoms with Gasteiger partial charge >= 0.3 is 0 Å². The molecule has 0 aromatic heterocycles. The van der Waals surface area contributed by atoms with Crippen molar-refractivity contribution < 1.29 is 9.13 Å². The summed E-state index contributed by atoms with van der Waals surface area (Å²) in [5.74, 6) is 2.14. The van der Waals surface area contributed by atoms with Crippen LogP contribution in [-0.4, -0.2) is 25.3 Å². The van der Waals surface area contributed by atoms with Crippen molar-refractivity contribution in [2.75, 3.05) is 23.7 Å². The van der Waals surface area contributed by atoms with Gasteiger partial charge in [0.15, 0.2) is 0 Å². The first-order chi connectivity index (χ1) is 12.4. The molecule has 3 nitrogen and oxygen atoms in total. The number of hydrogen-bond donors (Lipinski definition) is 1. The Balaban J connectivity index is 1.54. The molecule has 2 atom stereocenters. The highest BCUT2D eigenvalue weighted by Gasteiger charge is 2.31. The largest absolute Gasteiger partial charge is 0.397 e. The highest BCUT2D eigenvalue weighted by molar-refractivity contribution is 5.68. The average Bonchev–Trinajstić information content (AvgIpc) is 3.40. The molecule has 26 heavy (non-hydrogen) atoms. The molecular weight excluding hydrogens is 327 g/mol. The zero-order chi connectivity index (χ0) is 18.7. The van der Waals surface area contributed by atoms with Crippen molar-refractivity contribution in [2.24, 2.45) is 17.8 Å². The van der Waals surface area contributed by atoms with Crippen LogP contribution in [0.25, 0.3) is 0 Å². The van der Waals surface area contributed by atoms with Gasteiger partial charge in [-0.15, -0.1) is 0 Å². The van der Waals surface area contributed by atoms with E-state index in [1.807, 2.05) is 0 Å². The number of nitrogen functional groups attached to an aromatic ring is 1. The number of rotatable bonds is 8. The summed E-state index contributed by atoms with van der Waals surface area (Å²) in [5.41, 5.74) is 7.09. The second kappa shape index (κ2) is 8.60. The smallest absolute Gasteiger partial charge is 0.148 e. The van der Waals surface area contributed by atoms with Crippen LogP contribution < -0.4 is 10.6 Å². The first-order valence-electron chi connectivity index (χ1n) is 10.4. The minimum absolute atomic E-state index is 0.222. The molecule has 1 heterocycles. The summed E-state index contributed by atoms with van der Waals surface area (Å²) in [6.07, 6.45) is 7.66. The van der Waals surface area contributed by atoms with Crippen LogP contribution in [-0.2, 0) is 4.74 Å². The van der Waals surface area contributed by atoms with Gasteiger partial charge in [-0.3, -0.25) is 0 Å². The van der Waals surface area contributed by atoms with Gasteiger partial charge in [0, 0.05) is 13.1 Å². The molecule has 146 valence electrons. The number of ether oxygens (including phenoxy) is 1. The van der Waals surface area contributed by atoms with E-state index in [0.717, 1.165) is 44.2 Å². The van der Waals surface area contributed by atoms with Crippen molar-refractivity contribution >= 4 is 11.4 Å². The van der Waals surface area contributed by atoms with Crippen molar-refractivity contribution in [3.8, 4) is 0 Å². The first kappa shape index (κ1) is 19.5. The molecule has 1 aliphatic carbocycles. The summed E-state index contributed by atoms with van der Waals surface area (Å²) in [7, 11) is 0. The third-order valence-corrected chi connectivity index (χ3v) is 5.96. The summed E-state index contributed by atoms with van der Waals surface area (Å²) < 4.78 is 20.7. The number of para-hydroxylation sites is 1. The predicted molar refractivity (Wildman–Crippen MR) is 107 cm³/mol. The average molecular weight is 363 g/mol. The van der Waals surface area contributed by atoms with E-state index in [-0.39, 0.29) is 11.9 Å². The summed E-state index contributed by atoms with van der Waals surface area (Å²) in [6, 6.07) is 4.94. The van der Waals surface area contributed by atoms with Crippen molar-refractivity contribution in [1.29, 1.82) is 0 Å². The summed E-state index contributed by atoms with van der Waals surface area (Å²) in [5, 5.41) is 0. The summed E-state index contributed by atoms with van der Waals surface area (Å²) in [4.78, 5) is 2.08. The van der Waals surface area contributed by atoms with Gasteiger partial charge < -0.3 is 15.4 Å². The maximum atomic E-state index is 14.2. The Morgan fingerprint density at radius 1 is 1.12 bits per heavy atom. The van der Waals surface area contributed by atoms with Crippen molar-refractivity contribution in [2.45, 2.75) is 71.5 Å². The number of hydrogen-bond acceptors (Lipinski definition) is 3. The SMILES string of the molecule is CC(C)CC(CC(C)C1CC1)OC1CCN(c2c(N)cccc2F)CC1. The maximum Gasteiger partial charge on any atom is 0.148 e. The van der Waals surface area contributed by atoms with Crippen LogP contribution >= 0.6 is 0 Å². The Morgan fingerprint density at radius 3 is 2.38 bits per heavy atom. The van der Waals surface area contributed by atoms with Gasteiger partial charge in [0.05, 0.1) is 23.6 Å². The predicted octanol–water partition coefficient (Wildman–Crippen LogP) is 5.24. The van der Waals surface area contributed by atoms with Crippen LogP contribution in [0.1, 0.15) is 59.3 Å². The molecule has 0 radical (unpaired) electrons. The van der Waals surface area contributed by atoms with Crippen LogP contribution in [0, 0.1) is 23.6 Å². The Morgan fingerprint density at radius 2 is 1.81 bits per heavy atom. The lowest BCUT2D eigenvalue weighted by Crippen LogP contribution is -2.39. The van der Waals surface area contributed by atoms with Gasteiger partial charge in [-0.1, -0.05) is 26.8 Å². The van der Waals surface area contributed by atoms with E-state index < -0.39 is 0 Å². The number of benzene rings is 1. The van der Waals surface area contributed by atoms with Crippen molar-refractivity contribution in [1.82, 2.24) is 0 Å². The normalized spacial score (nSPS) is 21.2. The monoisotopic (exact) mass is 362 g/mol. The molecule has 0 bridgehead atoms. The number of nitrogens with zero attached hydrogens (tertiary/aromatic N) is 1. The van der Waals surface area contributed by atoms with Gasteiger partial charge in [-0.2, -0.15) is 0 Å². The van der Waals surface area contributed by atoms with Gasteiger partial charge in [-0.05, 0) is 68.4 Å². The molecule has 3 rings (SSSR count). The van der Waals surface area contributed by atoms with Gasteiger partial charge in [-0.25, -0.2) is 4.39 Å². The van der Waals surface area contributed by atoms with E-state index in [1.54, 1.807) is 12.1 Å². The third-order valence-electron chi connectivity index (χ3n) is 5.96. The fourth-order valence-corrected chi connectivity index (χ4v) is 4.36. The van der Waals surface area contributed by atoms with Crippen LogP contribution in [0.4, 0.5) is 15.8 Å². The van der Waals surface area contributed by atoms with Crippen LogP contribution in [0.3, 0.4) is 0 Å². The van der Waals surface area contributed by atoms with Crippen molar-refractivity contribution in [3.63, 3.8) is 0 Å². The van der Waals surface area contributed by atoms with E-state index in [1.165, 1.54) is 25.3 Å². The molecule has 1 aliphatic heterocycles. The lowest BCUT2D eigenvalue weighted by atomic mass is 9.93. The summed E-state index contributed by atoms with van der Waals surface area (Å²) in [6.45, 7) is 8.56. The highest BCUT2D eigenvalue weighted by Crippen LogP contribution is 2.40. The first-order valence-corrected chi connectivity index (χ1v) is 10.4.